The molecule has 0 atom stereocenters. The van der Waals surface area contributed by atoms with Crippen LogP contribution in [-0.4, -0.2) is 19.5 Å². The fourth-order valence-corrected chi connectivity index (χ4v) is 5.23. The summed E-state index contributed by atoms with van der Waals surface area (Å²) in [5, 5.41) is 11.5. The summed E-state index contributed by atoms with van der Waals surface area (Å²) in [4.78, 5) is 13.0. The summed E-state index contributed by atoms with van der Waals surface area (Å²) in [6.07, 6.45) is -9.97. The maximum atomic E-state index is 13.6. The van der Waals surface area contributed by atoms with E-state index in [9.17, 15) is 31.6 Å². The molecule has 0 aliphatic carbocycles. The molecule has 2 aromatic heterocycles. The second-order valence-electron chi connectivity index (χ2n) is 9.98. The van der Waals surface area contributed by atoms with Gasteiger partial charge in [0.25, 0.3) is 0 Å². The maximum absolute atomic E-state index is 13.6. The normalized spacial score (nSPS) is 12.2. The minimum absolute atomic E-state index is 0.105. The maximum Gasteiger partial charge on any atom is 0.416 e. The minimum atomic E-state index is -4.98. The zero-order chi connectivity index (χ0) is 30.7. The number of halogens is 6. The third-order valence-corrected chi connectivity index (χ3v) is 7.07. The van der Waals surface area contributed by atoms with Crippen molar-refractivity contribution >= 4 is 21.8 Å². The first-order valence-corrected chi connectivity index (χ1v) is 12.9. The van der Waals surface area contributed by atoms with E-state index in [2.05, 4.69) is 21.0 Å². The molecule has 214 valence electrons. The molecule has 0 fully saturated rings. The Morgan fingerprint density at radius 3 is 1.86 bits per heavy atom. The molecule has 6 aromatic rings. The quantitative estimate of drug-likeness (QED) is 0.194. The third kappa shape index (κ3) is 5.05. The van der Waals surface area contributed by atoms with Gasteiger partial charge >= 0.3 is 12.4 Å². The number of hydrogen-bond donors (Lipinski definition) is 0. The topological polar surface area (TPSA) is 67.4 Å². The summed E-state index contributed by atoms with van der Waals surface area (Å²) >= 11 is 0. The van der Waals surface area contributed by atoms with Crippen LogP contribution < -0.4 is 0 Å². The second-order valence-corrected chi connectivity index (χ2v) is 9.98. The number of aryl methyl sites for hydroxylation is 2. The van der Waals surface area contributed by atoms with Crippen molar-refractivity contribution in [3.05, 3.63) is 107 Å². The Balaban J connectivity index is 1.65. The van der Waals surface area contributed by atoms with Gasteiger partial charge in [-0.15, -0.1) is 0 Å². The Labute approximate surface area is 240 Å². The minimum Gasteiger partial charge on any atom is -0.308 e. The van der Waals surface area contributed by atoms with Gasteiger partial charge in [0.1, 0.15) is 17.7 Å². The van der Waals surface area contributed by atoms with Crippen molar-refractivity contribution in [2.45, 2.75) is 26.2 Å². The molecule has 0 spiro atoms. The van der Waals surface area contributed by atoms with Gasteiger partial charge in [0, 0.05) is 16.3 Å². The number of nitrogens with zero attached hydrogens (tertiary/aromatic N) is 5. The van der Waals surface area contributed by atoms with Crippen LogP contribution in [0, 0.1) is 25.2 Å². The van der Waals surface area contributed by atoms with Crippen molar-refractivity contribution in [1.29, 1.82) is 5.26 Å². The predicted molar refractivity (Wildman–Crippen MR) is 149 cm³/mol. The van der Waals surface area contributed by atoms with E-state index >= 15 is 0 Å². The molecular weight excluding hydrogens is 568 g/mol. The predicted octanol–water partition coefficient (Wildman–Crippen LogP) is 8.83. The largest absolute Gasteiger partial charge is 0.416 e. The molecule has 0 amide bonds. The lowest BCUT2D eigenvalue weighted by Crippen LogP contribution is -2.11. The number of para-hydroxylation sites is 1. The summed E-state index contributed by atoms with van der Waals surface area (Å²) in [6, 6.07) is 20.7. The van der Waals surface area contributed by atoms with Crippen LogP contribution in [0.4, 0.5) is 26.3 Å². The first-order chi connectivity index (χ1) is 20.3. The Morgan fingerprint density at radius 1 is 0.628 bits per heavy atom. The monoisotopic (exact) mass is 587 g/mol. The van der Waals surface area contributed by atoms with E-state index in [4.69, 9.17) is 0 Å². The standard InChI is InChI=1S/C32H19F6N5/c1-17-40-18(2)42-30(41-17)20-7-8-21(16-39)28(14-20)43-27-6-4-3-5-25(27)26-10-9-19(13-29(26)43)22-11-23(31(33,34)35)15-24(12-22)32(36,37)38/h3-15H,1-2H3. The van der Waals surface area contributed by atoms with Crippen LogP contribution in [-0.2, 0) is 12.4 Å². The van der Waals surface area contributed by atoms with Crippen LogP contribution in [0.5, 0.6) is 0 Å². The second kappa shape index (κ2) is 9.94. The average molecular weight is 588 g/mol. The highest BCUT2D eigenvalue weighted by molar-refractivity contribution is 6.10. The van der Waals surface area contributed by atoms with E-state index < -0.39 is 23.5 Å². The van der Waals surface area contributed by atoms with E-state index in [-0.39, 0.29) is 22.8 Å². The van der Waals surface area contributed by atoms with Crippen molar-refractivity contribution in [1.82, 2.24) is 19.5 Å². The molecule has 0 saturated carbocycles. The molecular formula is C32H19F6N5. The summed E-state index contributed by atoms with van der Waals surface area (Å²) < 4.78 is 83.5. The van der Waals surface area contributed by atoms with Crippen LogP contribution in [0.1, 0.15) is 28.3 Å². The molecule has 2 heterocycles. The van der Waals surface area contributed by atoms with Crippen molar-refractivity contribution in [3.8, 4) is 34.3 Å². The number of rotatable bonds is 3. The molecule has 5 nitrogen and oxygen atoms in total. The van der Waals surface area contributed by atoms with Crippen molar-refractivity contribution in [2.75, 3.05) is 0 Å². The zero-order valence-electron chi connectivity index (χ0n) is 22.5. The van der Waals surface area contributed by atoms with Gasteiger partial charge in [0.15, 0.2) is 5.82 Å². The van der Waals surface area contributed by atoms with Crippen LogP contribution in [0.3, 0.4) is 0 Å². The molecule has 6 rings (SSSR count). The van der Waals surface area contributed by atoms with E-state index in [0.717, 1.165) is 5.39 Å². The van der Waals surface area contributed by atoms with Gasteiger partial charge in [-0.05, 0) is 73.5 Å². The smallest absolute Gasteiger partial charge is 0.308 e. The van der Waals surface area contributed by atoms with Gasteiger partial charge in [-0.2, -0.15) is 31.6 Å². The Morgan fingerprint density at radius 2 is 1.23 bits per heavy atom. The van der Waals surface area contributed by atoms with Gasteiger partial charge in [0.05, 0.1) is 33.4 Å². The van der Waals surface area contributed by atoms with E-state index in [0.29, 0.717) is 57.3 Å². The summed E-state index contributed by atoms with van der Waals surface area (Å²) in [7, 11) is 0. The highest BCUT2D eigenvalue weighted by Gasteiger charge is 2.37. The van der Waals surface area contributed by atoms with Crippen molar-refractivity contribution in [3.63, 3.8) is 0 Å². The molecule has 0 aliphatic heterocycles. The SMILES string of the molecule is Cc1nc(C)nc(-c2ccc(C#N)c(-n3c4ccccc4c4ccc(-c5cc(C(F)(F)F)cc(C(F)(F)F)c5)cc43)c2)n1. The molecule has 43 heavy (non-hydrogen) atoms. The van der Waals surface area contributed by atoms with E-state index in [1.807, 2.05) is 18.2 Å². The molecule has 11 heteroatoms. The number of alkyl halides is 6. The zero-order valence-corrected chi connectivity index (χ0v) is 22.5. The summed E-state index contributed by atoms with van der Waals surface area (Å²) in [6.45, 7) is 3.46. The number of fused-ring (bicyclic) bond motifs is 3. The highest BCUT2D eigenvalue weighted by Crippen LogP contribution is 2.41. The fraction of sp³-hybridized carbons (Fsp3) is 0.125. The van der Waals surface area contributed by atoms with Gasteiger partial charge in [-0.1, -0.05) is 30.3 Å². The van der Waals surface area contributed by atoms with Gasteiger partial charge in [0.2, 0.25) is 0 Å². The van der Waals surface area contributed by atoms with E-state index in [1.165, 1.54) is 12.1 Å². The first kappa shape index (κ1) is 27.9. The Bertz CT molecular complexity index is 2050. The van der Waals surface area contributed by atoms with Crippen LogP contribution in [0.15, 0.2) is 78.9 Å². The molecule has 0 N–H and O–H groups in total. The average Bonchev–Trinajstić information content (AvgIpc) is 3.28. The van der Waals surface area contributed by atoms with Crippen LogP contribution >= 0.6 is 0 Å². The highest BCUT2D eigenvalue weighted by atomic mass is 19.4. The van der Waals surface area contributed by atoms with Crippen LogP contribution in [0.2, 0.25) is 0 Å². The molecule has 0 unspecified atom stereocenters. The lowest BCUT2D eigenvalue weighted by molar-refractivity contribution is -0.143. The molecule has 4 aromatic carbocycles. The summed E-state index contributed by atoms with van der Waals surface area (Å²) in [5.41, 5.74) is -0.402. The third-order valence-electron chi connectivity index (χ3n) is 7.07. The molecule has 0 saturated heterocycles. The lowest BCUT2D eigenvalue weighted by atomic mass is 9.98. The van der Waals surface area contributed by atoms with Crippen molar-refractivity contribution < 1.29 is 26.3 Å². The van der Waals surface area contributed by atoms with Gasteiger partial charge < -0.3 is 4.57 Å². The fourth-order valence-electron chi connectivity index (χ4n) is 5.23. The molecule has 0 aliphatic rings. The lowest BCUT2D eigenvalue weighted by Gasteiger charge is -2.15. The molecule has 0 radical (unpaired) electrons. The molecule has 0 bridgehead atoms. The summed E-state index contributed by atoms with van der Waals surface area (Å²) in [5.74, 6) is 1.41. The number of nitriles is 1. The van der Waals surface area contributed by atoms with Gasteiger partial charge in [-0.3, -0.25) is 0 Å². The Kier molecular flexibility index (Phi) is 6.45. The number of benzene rings is 4. The number of aromatic nitrogens is 4. The Hall–Kier alpha value is -5.24. The number of hydrogen-bond acceptors (Lipinski definition) is 4. The van der Waals surface area contributed by atoms with Gasteiger partial charge in [-0.25, -0.2) is 15.0 Å². The van der Waals surface area contributed by atoms with Crippen molar-refractivity contribution in [2.24, 2.45) is 0 Å². The van der Waals surface area contributed by atoms with Crippen LogP contribution in [0.25, 0.3) is 50.0 Å². The first-order valence-electron chi connectivity index (χ1n) is 12.9. The van der Waals surface area contributed by atoms with E-state index in [1.54, 1.807) is 48.7 Å².